The number of benzene rings is 1. The third kappa shape index (κ3) is 10.5. The Bertz CT molecular complexity index is 942. The Balaban J connectivity index is 2.25. The van der Waals surface area contributed by atoms with Crippen molar-refractivity contribution in [3.8, 4) is 5.75 Å². The zero-order chi connectivity index (χ0) is 28.8. The highest BCUT2D eigenvalue weighted by atomic mass is 19.1. The quantitative estimate of drug-likeness (QED) is 0.162. The van der Waals surface area contributed by atoms with Crippen LogP contribution in [0, 0.1) is 23.7 Å². The molecule has 0 aliphatic carbocycles. The van der Waals surface area contributed by atoms with Crippen LogP contribution in [0.15, 0.2) is 24.3 Å². The predicted octanol–water partition coefficient (Wildman–Crippen LogP) is 2.29. The molecule has 11 heteroatoms. The molecule has 2 aliphatic rings. The minimum absolute atomic E-state index is 0.0394. The largest absolute Gasteiger partial charge is 0.494 e. The maximum atomic E-state index is 13.7. The summed E-state index contributed by atoms with van der Waals surface area (Å²) in [5.74, 6) is -3.29. The van der Waals surface area contributed by atoms with Gasteiger partial charge in [-0.1, -0.05) is 32.9 Å². The summed E-state index contributed by atoms with van der Waals surface area (Å²) in [6, 6.07) is 6.16. The van der Waals surface area contributed by atoms with Crippen LogP contribution in [0.5, 0.6) is 5.75 Å². The number of rotatable bonds is 11. The van der Waals surface area contributed by atoms with Crippen molar-refractivity contribution < 1.29 is 33.5 Å². The predicted molar refractivity (Wildman–Crippen MR) is 144 cm³/mol. The highest BCUT2D eigenvalue weighted by Crippen LogP contribution is 2.31. The fourth-order valence-corrected chi connectivity index (χ4v) is 4.66. The van der Waals surface area contributed by atoms with Crippen LogP contribution < -0.4 is 26.2 Å². The van der Waals surface area contributed by atoms with Gasteiger partial charge in [0.1, 0.15) is 11.8 Å². The second-order valence-electron chi connectivity index (χ2n) is 10.4. The van der Waals surface area contributed by atoms with Crippen LogP contribution >= 0.6 is 0 Å². The molecule has 10 nitrogen and oxygen atoms in total. The summed E-state index contributed by atoms with van der Waals surface area (Å²) in [5.41, 5.74) is 2.47. The fourth-order valence-electron chi connectivity index (χ4n) is 4.66. The molecule has 1 aromatic carbocycles. The van der Waals surface area contributed by atoms with Crippen LogP contribution in [0.1, 0.15) is 58.4 Å². The van der Waals surface area contributed by atoms with Crippen molar-refractivity contribution >= 4 is 23.6 Å². The molecule has 4 amide bonds. The standard InChI is InChI=1S/C28H43FN4O6/c1-18(2)19(3)25-22(26(35)33-38)8-7-15-39-21-11-9-20(10-12-21)16-23(32-28(25)37)27(36)31-17-24(34)30-14-6-4-5-13-29/h9-12,18-19,22-23,25,38H,4-8,13-17H2,1-3H3,(H,30,34)(H,31,36)(H,32,37)(H,33,35)/t19?,22-,23-,25+/m0/s1. The molecule has 0 saturated heterocycles. The highest BCUT2D eigenvalue weighted by Gasteiger charge is 2.39. The normalized spacial score (nSPS) is 20.8. The SMILES string of the molecule is CC(C)C(C)[C@H]1C(=O)N[C@H](C(=O)NCC(=O)NCCCCCF)Cc2ccc(cc2)OCCC[C@@H]1C(=O)NO. The van der Waals surface area contributed by atoms with Gasteiger partial charge in [0.25, 0.3) is 0 Å². The molecule has 0 saturated carbocycles. The molecule has 2 bridgehead atoms. The van der Waals surface area contributed by atoms with Gasteiger partial charge in [-0.15, -0.1) is 0 Å². The lowest BCUT2D eigenvalue weighted by atomic mass is 9.74. The lowest BCUT2D eigenvalue weighted by Gasteiger charge is -2.33. The minimum Gasteiger partial charge on any atom is -0.494 e. The molecule has 0 aromatic heterocycles. The van der Waals surface area contributed by atoms with Crippen LogP contribution in [-0.4, -0.2) is 61.2 Å². The zero-order valence-electron chi connectivity index (χ0n) is 23.1. The number of unbranched alkanes of at least 4 members (excludes halogenated alkanes) is 2. The van der Waals surface area contributed by atoms with Crippen molar-refractivity contribution in [3.63, 3.8) is 0 Å². The number of fused-ring (bicyclic) bond motifs is 11. The topological polar surface area (TPSA) is 146 Å². The molecule has 4 atom stereocenters. The lowest BCUT2D eigenvalue weighted by Crippen LogP contribution is -2.54. The van der Waals surface area contributed by atoms with E-state index >= 15 is 0 Å². The summed E-state index contributed by atoms with van der Waals surface area (Å²) in [4.78, 5) is 51.8. The molecule has 2 heterocycles. The highest BCUT2D eigenvalue weighted by molar-refractivity contribution is 5.93. The maximum Gasteiger partial charge on any atom is 0.247 e. The lowest BCUT2D eigenvalue weighted by molar-refractivity contribution is -0.144. The maximum absolute atomic E-state index is 13.7. The van der Waals surface area contributed by atoms with E-state index in [0.29, 0.717) is 51.0 Å². The van der Waals surface area contributed by atoms with Crippen molar-refractivity contribution in [1.82, 2.24) is 21.4 Å². The number of amides is 4. The van der Waals surface area contributed by atoms with Gasteiger partial charge in [0.2, 0.25) is 23.6 Å². The van der Waals surface area contributed by atoms with Gasteiger partial charge in [-0.3, -0.25) is 28.8 Å². The number of ether oxygens (including phenoxy) is 1. The van der Waals surface area contributed by atoms with Crippen LogP contribution in [-0.2, 0) is 25.6 Å². The molecule has 0 radical (unpaired) electrons. The van der Waals surface area contributed by atoms with Gasteiger partial charge >= 0.3 is 0 Å². The number of hydrogen-bond donors (Lipinski definition) is 5. The first-order valence-corrected chi connectivity index (χ1v) is 13.7. The number of halogens is 1. The van der Waals surface area contributed by atoms with E-state index in [1.54, 1.807) is 17.6 Å². The molecular formula is C28H43FN4O6. The summed E-state index contributed by atoms with van der Waals surface area (Å²) < 4.78 is 18.0. The number of hydroxylamine groups is 1. The first-order chi connectivity index (χ1) is 18.7. The third-order valence-electron chi connectivity index (χ3n) is 7.28. The van der Waals surface area contributed by atoms with Crippen molar-refractivity contribution in [2.75, 3.05) is 26.4 Å². The van der Waals surface area contributed by atoms with Crippen LogP contribution in [0.2, 0.25) is 0 Å². The van der Waals surface area contributed by atoms with E-state index in [1.165, 1.54) is 0 Å². The molecule has 5 N–H and O–H groups in total. The van der Waals surface area contributed by atoms with E-state index in [0.717, 1.165) is 5.56 Å². The molecule has 3 rings (SSSR count). The number of carbonyl (C=O) groups excluding carboxylic acids is 4. The third-order valence-corrected chi connectivity index (χ3v) is 7.28. The van der Waals surface area contributed by atoms with Gasteiger partial charge in [0.05, 0.1) is 31.7 Å². The van der Waals surface area contributed by atoms with Crippen molar-refractivity contribution in [2.24, 2.45) is 23.7 Å². The molecule has 2 aliphatic heterocycles. The van der Waals surface area contributed by atoms with Gasteiger partial charge in [-0.2, -0.15) is 0 Å². The summed E-state index contributed by atoms with van der Waals surface area (Å²) in [7, 11) is 0. The number of alkyl halides is 1. The number of hydrogen-bond acceptors (Lipinski definition) is 6. The first kappa shape index (κ1) is 32.0. The monoisotopic (exact) mass is 550 g/mol. The van der Waals surface area contributed by atoms with Crippen LogP contribution in [0.4, 0.5) is 4.39 Å². The van der Waals surface area contributed by atoms with Gasteiger partial charge in [0, 0.05) is 13.0 Å². The number of nitrogens with one attached hydrogen (secondary N) is 4. The smallest absolute Gasteiger partial charge is 0.247 e. The van der Waals surface area contributed by atoms with Crippen LogP contribution in [0.25, 0.3) is 0 Å². The van der Waals surface area contributed by atoms with Gasteiger partial charge < -0.3 is 20.7 Å². The van der Waals surface area contributed by atoms with E-state index in [9.17, 15) is 28.8 Å². The van der Waals surface area contributed by atoms with Crippen molar-refractivity contribution in [1.29, 1.82) is 0 Å². The van der Waals surface area contributed by atoms with E-state index in [1.807, 2.05) is 32.9 Å². The number of carbonyl (C=O) groups is 4. The Morgan fingerprint density at radius 1 is 1.08 bits per heavy atom. The van der Waals surface area contributed by atoms with Crippen molar-refractivity contribution in [2.45, 2.75) is 65.3 Å². The van der Waals surface area contributed by atoms with Crippen LogP contribution in [0.3, 0.4) is 0 Å². The van der Waals surface area contributed by atoms with E-state index in [2.05, 4.69) is 16.0 Å². The summed E-state index contributed by atoms with van der Waals surface area (Å²) >= 11 is 0. The van der Waals surface area contributed by atoms with E-state index < -0.39 is 42.3 Å². The van der Waals surface area contributed by atoms with Gasteiger partial charge in [-0.05, 0) is 61.6 Å². The fraction of sp³-hybridized carbons (Fsp3) is 0.643. The second kappa shape index (κ2) is 16.7. The molecular weight excluding hydrogens is 507 g/mol. The molecule has 0 fully saturated rings. The summed E-state index contributed by atoms with van der Waals surface area (Å²) in [6.45, 7) is 5.81. The molecule has 1 unspecified atom stereocenters. The van der Waals surface area contributed by atoms with Crippen molar-refractivity contribution in [3.05, 3.63) is 29.8 Å². The molecule has 218 valence electrons. The van der Waals surface area contributed by atoms with E-state index in [4.69, 9.17) is 4.74 Å². The Morgan fingerprint density at radius 2 is 1.79 bits per heavy atom. The Hall–Kier alpha value is -3.21. The first-order valence-electron chi connectivity index (χ1n) is 13.7. The Morgan fingerprint density at radius 3 is 2.44 bits per heavy atom. The minimum atomic E-state index is -1.01. The zero-order valence-corrected chi connectivity index (χ0v) is 23.1. The summed E-state index contributed by atoms with van der Waals surface area (Å²) in [6.07, 6.45) is 2.66. The Kier molecular flexibility index (Phi) is 13.7. The average Bonchev–Trinajstić information content (AvgIpc) is 2.92. The van der Waals surface area contributed by atoms with Gasteiger partial charge in [0.15, 0.2) is 0 Å². The molecule has 0 spiro atoms. The average molecular weight is 551 g/mol. The Labute approximate surface area is 229 Å². The molecule has 1 aromatic rings. The van der Waals surface area contributed by atoms with Gasteiger partial charge in [-0.25, -0.2) is 5.48 Å². The second-order valence-corrected chi connectivity index (χ2v) is 10.4. The summed E-state index contributed by atoms with van der Waals surface area (Å²) in [5, 5.41) is 17.5. The molecule has 39 heavy (non-hydrogen) atoms. The van der Waals surface area contributed by atoms with E-state index in [-0.39, 0.29) is 30.7 Å².